The summed E-state index contributed by atoms with van der Waals surface area (Å²) in [6.45, 7) is 1.85. The van der Waals surface area contributed by atoms with E-state index in [-0.39, 0.29) is 5.60 Å². The monoisotopic (exact) mass is 336 g/mol. The number of benzene rings is 2. The van der Waals surface area contributed by atoms with Gasteiger partial charge in [-0.05, 0) is 85.9 Å². The summed E-state index contributed by atoms with van der Waals surface area (Å²) in [5, 5.41) is 9.19. The van der Waals surface area contributed by atoms with Crippen LogP contribution in [0.25, 0.3) is 11.1 Å². The van der Waals surface area contributed by atoms with Crippen LogP contribution in [-0.4, -0.2) is 16.7 Å². The molecule has 0 atom stereocenters. The number of carboxylic acids is 1. The normalized spacial score (nSPS) is 18.4. The third kappa shape index (κ3) is 3.04. The van der Waals surface area contributed by atoms with Gasteiger partial charge in [-0.3, -0.25) is 0 Å². The summed E-state index contributed by atoms with van der Waals surface area (Å²) in [4.78, 5) is 11.2. The Hall–Kier alpha value is -2.29. The fourth-order valence-electron chi connectivity index (χ4n) is 4.33. The van der Waals surface area contributed by atoms with Crippen molar-refractivity contribution in [3.63, 3.8) is 0 Å². The van der Waals surface area contributed by atoms with Gasteiger partial charge in [0.15, 0.2) is 0 Å². The van der Waals surface area contributed by atoms with Gasteiger partial charge in [0.25, 0.3) is 0 Å². The van der Waals surface area contributed by atoms with E-state index in [0.717, 1.165) is 35.3 Å². The Bertz CT molecular complexity index is 816. The first kappa shape index (κ1) is 16.2. The molecule has 1 fully saturated rings. The van der Waals surface area contributed by atoms with Crippen molar-refractivity contribution in [3.05, 3.63) is 53.1 Å². The average molecular weight is 336 g/mol. The molecule has 1 saturated carbocycles. The number of ether oxygens (including phenoxy) is 1. The molecule has 0 saturated heterocycles. The highest BCUT2D eigenvalue weighted by atomic mass is 16.5. The minimum Gasteiger partial charge on any atom is -0.487 e. The molecule has 3 heteroatoms. The molecule has 2 aromatic rings. The number of fused-ring (bicyclic) bond motifs is 1. The molecule has 0 radical (unpaired) electrons. The zero-order valence-corrected chi connectivity index (χ0v) is 14.7. The van der Waals surface area contributed by atoms with Crippen molar-refractivity contribution in [3.8, 4) is 16.9 Å². The molecule has 0 aromatic heterocycles. The average Bonchev–Trinajstić information content (AvgIpc) is 2.61. The maximum atomic E-state index is 11.2. The van der Waals surface area contributed by atoms with E-state index in [1.165, 1.54) is 37.7 Å². The van der Waals surface area contributed by atoms with Crippen molar-refractivity contribution in [2.75, 3.05) is 0 Å². The van der Waals surface area contributed by atoms with Crippen molar-refractivity contribution < 1.29 is 14.6 Å². The van der Waals surface area contributed by atoms with Crippen molar-refractivity contribution in [2.24, 2.45) is 0 Å². The minimum absolute atomic E-state index is 0.0759. The van der Waals surface area contributed by atoms with Crippen molar-refractivity contribution in [2.45, 2.75) is 57.5 Å². The molecule has 1 spiro atoms. The van der Waals surface area contributed by atoms with Crippen LogP contribution in [-0.2, 0) is 6.42 Å². The van der Waals surface area contributed by atoms with Crippen molar-refractivity contribution in [1.29, 1.82) is 0 Å². The predicted octanol–water partition coefficient (Wildman–Crippen LogP) is 5.39. The summed E-state index contributed by atoms with van der Waals surface area (Å²) in [7, 11) is 0. The molecule has 1 heterocycles. The molecule has 1 aliphatic carbocycles. The summed E-state index contributed by atoms with van der Waals surface area (Å²) < 4.78 is 6.45. The lowest BCUT2D eigenvalue weighted by molar-refractivity contribution is 0.0108. The lowest BCUT2D eigenvalue weighted by Gasteiger charge is -2.41. The zero-order chi connectivity index (χ0) is 17.4. The second-order valence-corrected chi connectivity index (χ2v) is 7.50. The summed E-state index contributed by atoms with van der Waals surface area (Å²) in [5.74, 6) is 0.163. The van der Waals surface area contributed by atoms with Gasteiger partial charge in [-0.15, -0.1) is 0 Å². The first-order valence-corrected chi connectivity index (χ1v) is 9.23. The van der Waals surface area contributed by atoms with Gasteiger partial charge in [0.1, 0.15) is 11.4 Å². The van der Waals surface area contributed by atoms with Crippen molar-refractivity contribution in [1.82, 2.24) is 0 Å². The van der Waals surface area contributed by atoms with Crippen LogP contribution >= 0.6 is 0 Å². The van der Waals surface area contributed by atoms with Crippen LogP contribution < -0.4 is 4.74 Å². The molecule has 4 rings (SSSR count). The second kappa shape index (κ2) is 6.21. The topological polar surface area (TPSA) is 46.5 Å². The van der Waals surface area contributed by atoms with Crippen molar-refractivity contribution >= 4 is 5.97 Å². The van der Waals surface area contributed by atoms with Gasteiger partial charge in [-0.25, -0.2) is 4.79 Å². The fraction of sp³-hybridized carbons (Fsp3) is 0.409. The SMILES string of the molecule is Cc1cc(-c2ccc3c(c2)CCC2(CCCCC2)O3)ccc1C(=O)O. The van der Waals surface area contributed by atoms with E-state index in [1.54, 1.807) is 6.07 Å². The van der Waals surface area contributed by atoms with Gasteiger partial charge in [0.2, 0.25) is 0 Å². The molecule has 130 valence electrons. The molecule has 1 aliphatic heterocycles. The molecule has 0 unspecified atom stereocenters. The molecule has 25 heavy (non-hydrogen) atoms. The highest BCUT2D eigenvalue weighted by molar-refractivity contribution is 5.90. The van der Waals surface area contributed by atoms with Gasteiger partial charge in [-0.2, -0.15) is 0 Å². The number of rotatable bonds is 2. The smallest absolute Gasteiger partial charge is 0.335 e. The Labute approximate surface area is 148 Å². The van der Waals surface area contributed by atoms with E-state index in [4.69, 9.17) is 4.74 Å². The predicted molar refractivity (Wildman–Crippen MR) is 98.3 cm³/mol. The largest absolute Gasteiger partial charge is 0.487 e. The molecular weight excluding hydrogens is 312 g/mol. The van der Waals surface area contributed by atoms with Crippen LogP contribution in [0.1, 0.15) is 60.0 Å². The van der Waals surface area contributed by atoms with Gasteiger partial charge >= 0.3 is 5.97 Å². The standard InChI is InChI=1S/C22H24O3/c1-15-13-16(5-7-19(15)21(23)24)17-6-8-20-18(14-17)9-12-22(25-20)10-3-2-4-11-22/h5-8,13-14H,2-4,9-12H2,1H3,(H,23,24). The van der Waals surface area contributed by atoms with E-state index in [1.807, 2.05) is 19.1 Å². The van der Waals surface area contributed by atoms with Crippen LogP contribution in [0.2, 0.25) is 0 Å². The maximum Gasteiger partial charge on any atom is 0.335 e. The fourth-order valence-corrected chi connectivity index (χ4v) is 4.33. The van der Waals surface area contributed by atoms with E-state index in [2.05, 4.69) is 18.2 Å². The maximum absolute atomic E-state index is 11.2. The van der Waals surface area contributed by atoms with Crippen LogP contribution in [0.5, 0.6) is 5.75 Å². The molecule has 2 aromatic carbocycles. The Morgan fingerprint density at radius 3 is 2.44 bits per heavy atom. The Balaban J connectivity index is 1.62. The highest BCUT2D eigenvalue weighted by Gasteiger charge is 2.37. The third-order valence-electron chi connectivity index (χ3n) is 5.79. The number of aryl methyl sites for hydroxylation is 2. The molecule has 0 amide bonds. The number of hydrogen-bond donors (Lipinski definition) is 1. The van der Waals surface area contributed by atoms with E-state index >= 15 is 0 Å². The first-order valence-electron chi connectivity index (χ1n) is 9.23. The number of aromatic carboxylic acids is 1. The molecular formula is C22H24O3. The van der Waals surface area contributed by atoms with Crippen LogP contribution in [0.3, 0.4) is 0 Å². The third-order valence-corrected chi connectivity index (χ3v) is 5.79. The summed E-state index contributed by atoms with van der Waals surface area (Å²) in [5.41, 5.74) is 4.69. The molecule has 3 nitrogen and oxygen atoms in total. The summed E-state index contributed by atoms with van der Waals surface area (Å²) in [6.07, 6.45) is 8.44. The van der Waals surface area contributed by atoms with Gasteiger partial charge in [-0.1, -0.05) is 24.6 Å². The lowest BCUT2D eigenvalue weighted by Crippen LogP contribution is -2.41. The minimum atomic E-state index is -0.874. The van der Waals surface area contributed by atoms with Crippen LogP contribution in [0.4, 0.5) is 0 Å². The van der Waals surface area contributed by atoms with Crippen LogP contribution in [0.15, 0.2) is 36.4 Å². The first-order chi connectivity index (χ1) is 12.1. The summed E-state index contributed by atoms with van der Waals surface area (Å²) >= 11 is 0. The van der Waals surface area contributed by atoms with E-state index in [9.17, 15) is 9.90 Å². The Morgan fingerprint density at radius 1 is 1.00 bits per heavy atom. The lowest BCUT2D eigenvalue weighted by atomic mass is 9.78. The molecule has 1 N–H and O–H groups in total. The highest BCUT2D eigenvalue weighted by Crippen LogP contribution is 2.42. The zero-order valence-electron chi connectivity index (χ0n) is 14.7. The van der Waals surface area contributed by atoms with Gasteiger partial charge in [0.05, 0.1) is 5.56 Å². The van der Waals surface area contributed by atoms with E-state index in [0.29, 0.717) is 5.56 Å². The van der Waals surface area contributed by atoms with Gasteiger partial charge in [0, 0.05) is 0 Å². The quantitative estimate of drug-likeness (QED) is 0.800. The summed E-state index contributed by atoms with van der Waals surface area (Å²) in [6, 6.07) is 11.9. The second-order valence-electron chi connectivity index (χ2n) is 7.50. The molecule has 2 aliphatic rings. The Kier molecular flexibility index (Phi) is 4.03. The molecule has 0 bridgehead atoms. The number of carbonyl (C=O) groups is 1. The van der Waals surface area contributed by atoms with E-state index < -0.39 is 5.97 Å². The number of carboxylic acid groups (broad SMARTS) is 1. The number of hydrogen-bond acceptors (Lipinski definition) is 2. The Morgan fingerprint density at radius 2 is 1.72 bits per heavy atom. The van der Waals surface area contributed by atoms with Gasteiger partial charge < -0.3 is 9.84 Å². The van der Waals surface area contributed by atoms with Crippen LogP contribution in [0, 0.1) is 6.92 Å².